The zero-order valence-corrected chi connectivity index (χ0v) is 14.1. The highest BCUT2D eigenvalue weighted by Gasteiger charge is 2.28. The quantitative estimate of drug-likeness (QED) is 0.903. The Balaban J connectivity index is 1.66. The lowest BCUT2D eigenvalue weighted by atomic mass is 10.0. The van der Waals surface area contributed by atoms with Crippen molar-refractivity contribution in [1.29, 1.82) is 0 Å². The van der Waals surface area contributed by atoms with Crippen molar-refractivity contribution in [2.24, 2.45) is 0 Å². The van der Waals surface area contributed by atoms with E-state index in [0.717, 1.165) is 43.6 Å². The van der Waals surface area contributed by atoms with E-state index in [1.807, 2.05) is 12.3 Å². The van der Waals surface area contributed by atoms with Crippen molar-refractivity contribution < 1.29 is 8.42 Å². The van der Waals surface area contributed by atoms with E-state index >= 15 is 0 Å². The number of fused-ring (bicyclic) bond motifs is 3. The zero-order chi connectivity index (χ0) is 15.9. The van der Waals surface area contributed by atoms with Crippen LogP contribution in [0.2, 0.25) is 0 Å². The highest BCUT2D eigenvalue weighted by molar-refractivity contribution is 7.89. The van der Waals surface area contributed by atoms with Gasteiger partial charge in [-0.1, -0.05) is 6.42 Å². The summed E-state index contributed by atoms with van der Waals surface area (Å²) >= 11 is 0. The van der Waals surface area contributed by atoms with Gasteiger partial charge in [-0.25, -0.2) is 8.42 Å². The standard InChI is InChI=1S/C17H23N3O2S/c21-23(22,19-9-3-1-4-10-19)15-7-8-17-16(12-15)18-13-14-6-2-5-11-20(14)17/h7-8,12-13,18H,1-6,9-11H2. The maximum absolute atomic E-state index is 12.8. The van der Waals surface area contributed by atoms with Gasteiger partial charge >= 0.3 is 0 Å². The molecule has 0 radical (unpaired) electrons. The monoisotopic (exact) mass is 333 g/mol. The Bertz CT molecular complexity index is 736. The minimum atomic E-state index is -3.37. The van der Waals surface area contributed by atoms with Crippen molar-refractivity contribution in [3.63, 3.8) is 0 Å². The van der Waals surface area contributed by atoms with Gasteiger partial charge in [-0.3, -0.25) is 0 Å². The Morgan fingerprint density at radius 1 is 0.957 bits per heavy atom. The van der Waals surface area contributed by atoms with Crippen LogP contribution in [0.1, 0.15) is 38.5 Å². The van der Waals surface area contributed by atoms with Gasteiger partial charge in [0.1, 0.15) is 0 Å². The molecule has 23 heavy (non-hydrogen) atoms. The maximum Gasteiger partial charge on any atom is 0.243 e. The third kappa shape index (κ3) is 2.64. The summed E-state index contributed by atoms with van der Waals surface area (Å²) in [5.41, 5.74) is 3.30. The molecule has 0 aromatic heterocycles. The molecule has 0 aliphatic carbocycles. The van der Waals surface area contributed by atoms with Gasteiger partial charge in [-0.15, -0.1) is 0 Å². The average molecular weight is 333 g/mol. The summed E-state index contributed by atoms with van der Waals surface area (Å²) in [4.78, 5) is 2.71. The first-order chi connectivity index (χ1) is 11.2. The van der Waals surface area contributed by atoms with Crippen LogP contribution in [0.15, 0.2) is 35.0 Å². The first-order valence-electron chi connectivity index (χ1n) is 8.53. The first-order valence-corrected chi connectivity index (χ1v) is 9.97. The number of hydrogen-bond acceptors (Lipinski definition) is 4. The van der Waals surface area contributed by atoms with Crippen molar-refractivity contribution >= 4 is 21.4 Å². The molecule has 3 heterocycles. The normalized spacial score (nSPS) is 21.9. The Morgan fingerprint density at radius 2 is 1.74 bits per heavy atom. The highest BCUT2D eigenvalue weighted by atomic mass is 32.2. The molecular formula is C17H23N3O2S. The van der Waals surface area contributed by atoms with Crippen LogP contribution < -0.4 is 10.2 Å². The Kier molecular flexibility index (Phi) is 3.81. The molecule has 4 rings (SSSR count). The molecule has 0 atom stereocenters. The fraction of sp³-hybridized carbons (Fsp3) is 0.529. The Hall–Kier alpha value is -1.53. The number of rotatable bonds is 2. The molecule has 2 saturated heterocycles. The van der Waals surface area contributed by atoms with Gasteiger partial charge in [0.2, 0.25) is 10.0 Å². The molecule has 3 aliphatic rings. The van der Waals surface area contributed by atoms with Crippen molar-refractivity contribution in [1.82, 2.24) is 4.31 Å². The number of hydrogen-bond donors (Lipinski definition) is 1. The van der Waals surface area contributed by atoms with E-state index in [4.69, 9.17) is 0 Å². The molecular weight excluding hydrogens is 310 g/mol. The number of nitrogens with one attached hydrogen (secondary N) is 1. The fourth-order valence-corrected chi connectivity index (χ4v) is 5.27. The number of allylic oxidation sites excluding steroid dienone is 1. The lowest BCUT2D eigenvalue weighted by Crippen LogP contribution is -2.36. The molecule has 124 valence electrons. The summed E-state index contributed by atoms with van der Waals surface area (Å²) in [7, 11) is -3.37. The van der Waals surface area contributed by atoms with Crippen LogP contribution in [0.3, 0.4) is 0 Å². The summed E-state index contributed by atoms with van der Waals surface area (Å²) in [6.45, 7) is 2.30. The van der Waals surface area contributed by atoms with Crippen LogP contribution in [-0.2, 0) is 10.0 Å². The van der Waals surface area contributed by atoms with E-state index in [9.17, 15) is 8.42 Å². The summed E-state index contributed by atoms with van der Waals surface area (Å²) in [6.07, 6.45) is 8.56. The van der Waals surface area contributed by atoms with Gasteiger partial charge in [0.25, 0.3) is 0 Å². The molecule has 0 bridgehead atoms. The van der Waals surface area contributed by atoms with Crippen LogP contribution in [0.5, 0.6) is 0 Å². The van der Waals surface area contributed by atoms with E-state index in [2.05, 4.69) is 10.2 Å². The lowest BCUT2D eigenvalue weighted by Gasteiger charge is -2.36. The molecule has 1 aromatic rings. The van der Waals surface area contributed by atoms with E-state index < -0.39 is 10.0 Å². The Morgan fingerprint density at radius 3 is 2.57 bits per heavy atom. The lowest BCUT2D eigenvalue weighted by molar-refractivity contribution is 0.346. The summed E-state index contributed by atoms with van der Waals surface area (Å²) in [6, 6.07) is 5.51. The molecule has 6 heteroatoms. The first kappa shape index (κ1) is 15.0. The molecule has 0 saturated carbocycles. The van der Waals surface area contributed by atoms with Crippen LogP contribution >= 0.6 is 0 Å². The van der Waals surface area contributed by atoms with Crippen LogP contribution in [0, 0.1) is 0 Å². The predicted molar refractivity (Wildman–Crippen MR) is 92.0 cm³/mol. The van der Waals surface area contributed by atoms with Gasteiger partial charge < -0.3 is 10.2 Å². The van der Waals surface area contributed by atoms with Crippen molar-refractivity contribution in [2.75, 3.05) is 29.9 Å². The van der Waals surface area contributed by atoms with Crippen LogP contribution in [0.4, 0.5) is 11.4 Å². The molecule has 0 spiro atoms. The van der Waals surface area contributed by atoms with Crippen molar-refractivity contribution in [2.45, 2.75) is 43.4 Å². The van der Waals surface area contributed by atoms with Crippen molar-refractivity contribution in [3.8, 4) is 0 Å². The third-order valence-electron chi connectivity index (χ3n) is 5.02. The molecule has 2 fully saturated rings. The smallest absolute Gasteiger partial charge is 0.243 e. The van der Waals surface area contributed by atoms with E-state index in [-0.39, 0.29) is 0 Å². The number of anilines is 2. The van der Waals surface area contributed by atoms with Gasteiger partial charge in [0.05, 0.1) is 16.3 Å². The molecule has 5 nitrogen and oxygen atoms in total. The highest BCUT2D eigenvalue weighted by Crippen LogP contribution is 2.38. The van der Waals surface area contributed by atoms with Crippen LogP contribution in [0.25, 0.3) is 0 Å². The maximum atomic E-state index is 12.8. The van der Waals surface area contributed by atoms with E-state index in [1.165, 1.54) is 18.5 Å². The van der Waals surface area contributed by atoms with Crippen molar-refractivity contribution in [3.05, 3.63) is 30.1 Å². The zero-order valence-electron chi connectivity index (χ0n) is 13.3. The third-order valence-corrected chi connectivity index (χ3v) is 6.91. The van der Waals surface area contributed by atoms with Gasteiger partial charge in [0.15, 0.2) is 0 Å². The predicted octanol–water partition coefficient (Wildman–Crippen LogP) is 3.12. The second-order valence-corrected chi connectivity index (χ2v) is 8.47. The largest absolute Gasteiger partial charge is 0.358 e. The molecule has 3 aliphatic heterocycles. The van der Waals surface area contributed by atoms with Crippen LogP contribution in [-0.4, -0.2) is 32.4 Å². The summed E-state index contributed by atoms with van der Waals surface area (Å²) in [5, 5.41) is 3.29. The number of piperidine rings is 2. The second-order valence-electron chi connectivity index (χ2n) is 6.53. The second kappa shape index (κ2) is 5.83. The average Bonchev–Trinajstić information content (AvgIpc) is 2.62. The van der Waals surface area contributed by atoms with E-state index in [1.54, 1.807) is 16.4 Å². The minimum Gasteiger partial charge on any atom is -0.358 e. The van der Waals surface area contributed by atoms with Gasteiger partial charge in [-0.05, 0) is 50.3 Å². The Labute approximate surface area is 138 Å². The topological polar surface area (TPSA) is 52.7 Å². The minimum absolute atomic E-state index is 0.402. The van der Waals surface area contributed by atoms with E-state index in [0.29, 0.717) is 18.0 Å². The number of benzene rings is 1. The molecule has 1 N–H and O–H groups in total. The summed E-state index contributed by atoms with van der Waals surface area (Å²) < 4.78 is 27.3. The molecule has 0 amide bonds. The fourth-order valence-electron chi connectivity index (χ4n) is 3.72. The van der Waals surface area contributed by atoms with Gasteiger partial charge in [0, 0.05) is 31.5 Å². The number of sulfonamides is 1. The summed E-state index contributed by atoms with van der Waals surface area (Å²) in [5.74, 6) is 0. The SMILES string of the molecule is O=S(=O)(c1ccc2c(c1)NC=C1CCCCN12)N1CCCCC1. The van der Waals surface area contributed by atoms with Gasteiger partial charge in [-0.2, -0.15) is 4.31 Å². The molecule has 1 aromatic carbocycles. The molecule has 0 unspecified atom stereocenters. The number of nitrogens with zero attached hydrogens (tertiary/aromatic N) is 2.